The minimum absolute atomic E-state index is 0.227. The van der Waals surface area contributed by atoms with Crippen LogP contribution in [0.15, 0.2) is 0 Å². The van der Waals surface area contributed by atoms with Crippen LogP contribution in [0.1, 0.15) is 13.3 Å². The van der Waals surface area contributed by atoms with Crippen molar-refractivity contribution in [1.82, 2.24) is 4.90 Å². The van der Waals surface area contributed by atoms with Crippen molar-refractivity contribution in [3.63, 3.8) is 0 Å². The molecule has 3 heteroatoms. The van der Waals surface area contributed by atoms with Gasteiger partial charge in [-0.05, 0) is 32.1 Å². The zero-order chi connectivity index (χ0) is 8.72. The van der Waals surface area contributed by atoms with E-state index in [1.165, 1.54) is 12.2 Å². The molecule has 0 aromatic heterocycles. The van der Waals surface area contributed by atoms with E-state index in [4.69, 9.17) is 0 Å². The highest BCUT2D eigenvalue weighted by atomic mass is 32.2. The third-order valence-electron chi connectivity index (χ3n) is 3.03. The molecule has 2 aliphatic rings. The number of fused-ring (bicyclic) bond motifs is 1. The summed E-state index contributed by atoms with van der Waals surface area (Å²) in [6.45, 7) is 2.84. The summed E-state index contributed by atoms with van der Waals surface area (Å²) < 4.78 is 0. The Kier molecular flexibility index (Phi) is 2.17. The highest BCUT2D eigenvalue weighted by Crippen LogP contribution is 2.41. The van der Waals surface area contributed by atoms with Gasteiger partial charge in [0.05, 0.1) is 6.04 Å². The van der Waals surface area contributed by atoms with Gasteiger partial charge in [0.15, 0.2) is 0 Å². The number of Topliss-reactive ketones (excluding diaryl/α,β-unsaturated/α-hetero) is 1. The summed E-state index contributed by atoms with van der Waals surface area (Å²) in [5.74, 6) is 2.26. The Labute approximate surface area is 77.7 Å². The van der Waals surface area contributed by atoms with Crippen molar-refractivity contribution in [2.45, 2.75) is 24.6 Å². The molecule has 2 aliphatic heterocycles. The Bertz CT molecular complexity index is 207. The van der Waals surface area contributed by atoms with Crippen LogP contribution in [0.5, 0.6) is 0 Å². The second-order valence-electron chi connectivity index (χ2n) is 3.86. The van der Waals surface area contributed by atoms with E-state index in [1.807, 2.05) is 11.8 Å². The number of hydrogen-bond acceptors (Lipinski definition) is 3. The predicted octanol–water partition coefficient (Wildman–Crippen LogP) is 1.01. The molecule has 0 N–H and O–H groups in total. The molecule has 0 aromatic carbocycles. The highest BCUT2D eigenvalue weighted by molar-refractivity contribution is 8.00. The highest BCUT2D eigenvalue weighted by Gasteiger charge is 2.44. The fourth-order valence-electron chi connectivity index (χ4n) is 2.55. The molecule has 2 nitrogen and oxygen atoms in total. The van der Waals surface area contributed by atoms with Gasteiger partial charge in [-0.3, -0.25) is 9.69 Å². The second-order valence-corrected chi connectivity index (χ2v) is 5.20. The smallest absolute Gasteiger partial charge is 0.147 e. The zero-order valence-electron chi connectivity index (χ0n) is 7.62. The van der Waals surface area contributed by atoms with Gasteiger partial charge in [-0.2, -0.15) is 11.8 Å². The van der Waals surface area contributed by atoms with Crippen LogP contribution in [0.2, 0.25) is 0 Å². The van der Waals surface area contributed by atoms with Gasteiger partial charge in [0.25, 0.3) is 0 Å². The molecule has 12 heavy (non-hydrogen) atoms. The molecular weight excluding hydrogens is 170 g/mol. The lowest BCUT2D eigenvalue weighted by Crippen LogP contribution is -2.35. The lowest BCUT2D eigenvalue weighted by molar-refractivity contribution is -0.121. The fraction of sp³-hybridized carbons (Fsp3) is 0.889. The summed E-state index contributed by atoms with van der Waals surface area (Å²) in [4.78, 5) is 13.6. The minimum atomic E-state index is 0.227. The molecular formula is C9H15NOS. The van der Waals surface area contributed by atoms with E-state index < -0.39 is 0 Å². The number of thioether (sulfide) groups is 1. The Hall–Kier alpha value is -0.0200. The number of likely N-dealkylation sites (tertiary alicyclic amines) is 1. The van der Waals surface area contributed by atoms with E-state index in [0.717, 1.165) is 11.8 Å². The van der Waals surface area contributed by atoms with E-state index in [1.54, 1.807) is 6.92 Å². The first-order valence-electron chi connectivity index (χ1n) is 4.52. The molecule has 3 atom stereocenters. The van der Waals surface area contributed by atoms with Crippen molar-refractivity contribution in [2.24, 2.45) is 5.92 Å². The van der Waals surface area contributed by atoms with Crippen LogP contribution in [-0.2, 0) is 4.79 Å². The molecule has 2 rings (SSSR count). The van der Waals surface area contributed by atoms with Crippen LogP contribution in [0.4, 0.5) is 0 Å². The maximum Gasteiger partial charge on any atom is 0.147 e. The number of carbonyl (C=O) groups excluding carboxylic acids is 1. The maximum atomic E-state index is 11.3. The molecule has 0 saturated carbocycles. The fourth-order valence-corrected chi connectivity index (χ4v) is 4.13. The first-order chi connectivity index (χ1) is 5.70. The van der Waals surface area contributed by atoms with E-state index in [2.05, 4.69) is 11.9 Å². The predicted molar refractivity (Wildman–Crippen MR) is 51.5 cm³/mol. The Morgan fingerprint density at radius 1 is 1.58 bits per heavy atom. The molecule has 0 bridgehead atoms. The van der Waals surface area contributed by atoms with Crippen molar-refractivity contribution >= 4 is 17.5 Å². The molecule has 0 amide bonds. The van der Waals surface area contributed by atoms with Gasteiger partial charge in [0, 0.05) is 11.8 Å². The van der Waals surface area contributed by atoms with Crippen LogP contribution in [-0.4, -0.2) is 41.3 Å². The van der Waals surface area contributed by atoms with E-state index in [9.17, 15) is 4.79 Å². The van der Waals surface area contributed by atoms with Gasteiger partial charge < -0.3 is 0 Å². The number of ketones is 1. The third-order valence-corrected chi connectivity index (χ3v) is 4.42. The molecule has 0 spiro atoms. The van der Waals surface area contributed by atoms with Gasteiger partial charge in [0.1, 0.15) is 5.78 Å². The molecule has 2 saturated heterocycles. The molecule has 0 radical (unpaired) electrons. The van der Waals surface area contributed by atoms with Gasteiger partial charge in [0.2, 0.25) is 0 Å². The normalized spacial score (nSPS) is 41.7. The first-order valence-corrected chi connectivity index (χ1v) is 5.57. The van der Waals surface area contributed by atoms with Gasteiger partial charge in [-0.25, -0.2) is 0 Å². The van der Waals surface area contributed by atoms with Crippen LogP contribution in [0, 0.1) is 5.92 Å². The van der Waals surface area contributed by atoms with Crippen molar-refractivity contribution in [3.8, 4) is 0 Å². The molecule has 2 heterocycles. The van der Waals surface area contributed by atoms with Crippen LogP contribution < -0.4 is 0 Å². The first kappa shape index (κ1) is 8.57. The number of rotatable bonds is 1. The van der Waals surface area contributed by atoms with Gasteiger partial charge in [-0.1, -0.05) is 0 Å². The van der Waals surface area contributed by atoms with Crippen molar-refractivity contribution in [2.75, 3.05) is 19.3 Å². The lowest BCUT2D eigenvalue weighted by Gasteiger charge is -2.20. The summed E-state index contributed by atoms with van der Waals surface area (Å²) in [6.07, 6.45) is 1.24. The average molecular weight is 185 g/mol. The molecule has 3 unspecified atom stereocenters. The number of nitrogens with zero attached hydrogens (tertiary/aromatic N) is 1. The standard InChI is InChI=1S/C9H15NOS/c1-6(11)9-7-3-4-12-8(7)5-10(9)2/h7-9H,3-5H2,1-2H3. The zero-order valence-corrected chi connectivity index (χ0v) is 8.43. The minimum Gasteiger partial charge on any atom is -0.298 e. The van der Waals surface area contributed by atoms with Crippen LogP contribution in [0.25, 0.3) is 0 Å². The SMILES string of the molecule is CC(=O)C1C2CCSC2CN1C. The summed E-state index contributed by atoms with van der Waals surface area (Å²) in [7, 11) is 2.07. The Morgan fingerprint density at radius 2 is 2.33 bits per heavy atom. The number of hydrogen-bond donors (Lipinski definition) is 0. The topological polar surface area (TPSA) is 20.3 Å². The average Bonchev–Trinajstić information content (AvgIpc) is 2.44. The summed E-state index contributed by atoms with van der Waals surface area (Å²) in [5, 5.41) is 0.740. The maximum absolute atomic E-state index is 11.3. The van der Waals surface area contributed by atoms with Gasteiger partial charge >= 0.3 is 0 Å². The number of likely N-dealkylation sites (N-methyl/N-ethyl adjacent to an activating group) is 1. The van der Waals surface area contributed by atoms with E-state index in [0.29, 0.717) is 11.7 Å². The van der Waals surface area contributed by atoms with E-state index in [-0.39, 0.29) is 6.04 Å². The quantitative estimate of drug-likeness (QED) is 0.608. The molecule has 0 aromatic rings. The number of carbonyl (C=O) groups is 1. The van der Waals surface area contributed by atoms with Crippen LogP contribution >= 0.6 is 11.8 Å². The second kappa shape index (κ2) is 3.04. The summed E-state index contributed by atoms with van der Waals surface area (Å²) >= 11 is 2.04. The Morgan fingerprint density at radius 3 is 3.00 bits per heavy atom. The van der Waals surface area contributed by atoms with Crippen LogP contribution in [0.3, 0.4) is 0 Å². The molecule has 2 fully saturated rings. The molecule has 0 aliphatic carbocycles. The Balaban J connectivity index is 2.15. The monoisotopic (exact) mass is 185 g/mol. The third kappa shape index (κ3) is 1.19. The van der Waals surface area contributed by atoms with Crippen molar-refractivity contribution in [3.05, 3.63) is 0 Å². The molecule has 68 valence electrons. The van der Waals surface area contributed by atoms with E-state index >= 15 is 0 Å². The van der Waals surface area contributed by atoms with Crippen molar-refractivity contribution < 1.29 is 4.79 Å². The summed E-state index contributed by atoms with van der Waals surface area (Å²) in [5.41, 5.74) is 0. The summed E-state index contributed by atoms with van der Waals surface area (Å²) in [6, 6.07) is 0.227. The van der Waals surface area contributed by atoms with Gasteiger partial charge in [-0.15, -0.1) is 0 Å². The largest absolute Gasteiger partial charge is 0.298 e. The van der Waals surface area contributed by atoms with Crippen molar-refractivity contribution in [1.29, 1.82) is 0 Å². The lowest BCUT2D eigenvalue weighted by atomic mass is 9.95.